The van der Waals surface area contributed by atoms with Crippen LogP contribution in [0, 0.1) is 11.3 Å². The molecule has 17 amide bonds. The van der Waals surface area contributed by atoms with E-state index < -0.39 is 241 Å². The molecule has 3 fully saturated rings. The van der Waals surface area contributed by atoms with Crippen molar-refractivity contribution in [3.8, 4) is 0 Å². The van der Waals surface area contributed by atoms with E-state index in [-0.39, 0.29) is 95.3 Å². The van der Waals surface area contributed by atoms with Crippen LogP contribution < -0.4 is 75.7 Å². The number of hydrogen-bond donors (Lipinski definition) is 20. The van der Waals surface area contributed by atoms with Gasteiger partial charge in [0.05, 0.1) is 43.5 Å². The summed E-state index contributed by atoms with van der Waals surface area (Å²) in [6.45, 7) is 6.06. The number of imidazole rings is 1. The molecule has 3 aliphatic rings. The Balaban J connectivity index is 1.10. The lowest BCUT2D eigenvalue weighted by atomic mass is 10.00. The molecule has 45 heteroatoms. The fourth-order valence-corrected chi connectivity index (χ4v) is 17.5. The highest BCUT2D eigenvalue weighted by Crippen LogP contribution is 2.28. The second-order valence-electron chi connectivity index (χ2n) is 34.6. The van der Waals surface area contributed by atoms with Crippen LogP contribution in [0.5, 0.6) is 0 Å². The second kappa shape index (κ2) is 50.5. The zero-order valence-corrected chi connectivity index (χ0v) is 77.9. The number of nitrogens with zero attached hydrogens (tertiary/aromatic N) is 7. The van der Waals surface area contributed by atoms with Gasteiger partial charge in [-0.15, -0.1) is 11.8 Å². The van der Waals surface area contributed by atoms with Gasteiger partial charge in [-0.25, -0.2) is 4.98 Å². The number of aromatic nitrogens is 5. The SMILES string of the molecule is CCCC[C@H]1C(=O)N(C)[C@@H](CCCC)C(=O)N[C@@H](CCCNC(=N)N)C(=O)N[C@H](C(=O)NCC(N)=O)CSCC(=O)N[C@@H](Cc2ccccn2)C(=O)N(C)[C@@H](C)C(=O)N[C@@H](CC(N)=O)C(=O)N2CCC[C@H]2C(=O)N[C@@H](Cc2c[nH]cn2)C(=O)N[C@@H](CC(C)C)C(=O)N2C[C@H](O)C[C@H]2C(=O)N[C@@H](Cc2c[nH]c3ccccc23)C(=O)N[C@@H](CO)C(=O)N[C@@H](Cc2c[nH]c3ccccc23)C(=O)N1C. The number of benzene rings is 2. The van der Waals surface area contributed by atoms with E-state index in [0.717, 1.165) is 36.3 Å². The summed E-state index contributed by atoms with van der Waals surface area (Å²) in [5, 5.41) is 60.9. The van der Waals surface area contributed by atoms with Crippen molar-refractivity contribution < 1.29 is 91.7 Å². The van der Waals surface area contributed by atoms with Gasteiger partial charge >= 0.3 is 0 Å². The number of rotatable bonds is 26. The number of guanidine groups is 1. The van der Waals surface area contributed by atoms with Crippen molar-refractivity contribution in [1.29, 1.82) is 5.41 Å². The van der Waals surface area contributed by atoms with Crippen molar-refractivity contribution in [2.45, 2.75) is 234 Å². The van der Waals surface area contributed by atoms with Gasteiger partial charge in [-0.1, -0.05) is 95.8 Å². The molecule has 6 aromatic rings. The molecule has 9 rings (SSSR count). The normalized spacial score (nSPS) is 24.8. The molecule has 0 aliphatic carbocycles. The third-order valence-corrected chi connectivity index (χ3v) is 25.1. The average Bonchev–Trinajstić information content (AvgIpc) is 1.72. The Labute approximate surface area is 784 Å². The summed E-state index contributed by atoms with van der Waals surface area (Å²) >= 11 is 0.775. The molecule has 0 unspecified atom stereocenters. The first-order valence-corrected chi connectivity index (χ1v) is 46.5. The lowest BCUT2D eigenvalue weighted by molar-refractivity contribution is -0.149. The molecule has 44 nitrogen and oxygen atoms in total. The molecule has 3 saturated heterocycles. The number of nitrogens with two attached hydrogens (primary N) is 3. The van der Waals surface area contributed by atoms with Crippen LogP contribution in [-0.2, 0) is 107 Å². The quantitative estimate of drug-likeness (QED) is 0.0144. The van der Waals surface area contributed by atoms with Gasteiger partial charge < -0.3 is 125 Å². The topological polar surface area (TPSA) is 654 Å². The van der Waals surface area contributed by atoms with Gasteiger partial charge in [0.25, 0.3) is 0 Å². The zero-order valence-electron chi connectivity index (χ0n) is 77.1. The maximum atomic E-state index is 15.8. The first-order valence-electron chi connectivity index (χ1n) is 45.3. The summed E-state index contributed by atoms with van der Waals surface area (Å²) < 4.78 is 0. The highest BCUT2D eigenvalue weighted by Gasteiger charge is 2.47. The van der Waals surface area contributed by atoms with E-state index in [1.807, 2.05) is 13.8 Å². The molecule has 135 heavy (non-hydrogen) atoms. The summed E-state index contributed by atoms with van der Waals surface area (Å²) in [5.41, 5.74) is 19.6. The highest BCUT2D eigenvalue weighted by atomic mass is 32.2. The van der Waals surface area contributed by atoms with E-state index in [4.69, 9.17) is 22.6 Å². The third kappa shape index (κ3) is 29.5. The van der Waals surface area contributed by atoms with Crippen LogP contribution in [0.15, 0.2) is 97.8 Å². The van der Waals surface area contributed by atoms with Crippen LogP contribution in [-0.4, -0.2) is 322 Å². The van der Waals surface area contributed by atoms with E-state index >= 15 is 38.4 Å². The lowest BCUT2D eigenvalue weighted by Gasteiger charge is -2.36. The summed E-state index contributed by atoms with van der Waals surface area (Å²) in [7, 11) is 3.92. The Hall–Kier alpha value is -13.6. The summed E-state index contributed by atoms with van der Waals surface area (Å²) in [4.78, 5) is 274. The van der Waals surface area contributed by atoms with Crippen molar-refractivity contribution in [3.63, 3.8) is 0 Å². The van der Waals surface area contributed by atoms with E-state index in [1.54, 1.807) is 93.0 Å². The van der Waals surface area contributed by atoms with Crippen molar-refractivity contribution >= 4 is 140 Å². The predicted molar refractivity (Wildman–Crippen MR) is 496 cm³/mol. The number of amides is 17. The van der Waals surface area contributed by atoms with Gasteiger partial charge in [-0.05, 0) is 93.2 Å². The Morgan fingerprint density at radius 2 is 1.08 bits per heavy atom. The van der Waals surface area contributed by atoms with Crippen LogP contribution in [0.1, 0.15) is 141 Å². The van der Waals surface area contributed by atoms with E-state index in [2.05, 4.69) is 83.4 Å². The van der Waals surface area contributed by atoms with Crippen LogP contribution in [0.4, 0.5) is 0 Å². The standard InChI is InChI=1S/C90H127N25O19S/c1-9-11-27-69-82(127)103-60(26-19-31-97-90(93)94)78(123)110-68(77(122)100-43-74(92)119)46-135-47-75(120)102-65(36-53-21-17-18-30-96-53)85(130)111(6)50(5)76(121)106-66(39-73(91)118)87(132)114-32-20-29-70(114)83(128)105-62(37-54-42-95-48-101-54)80(125)107-63(33-49(3)4)88(133)115-44-55(117)38-72(115)84(129)104-61(34-51-40-98-58-24-15-13-22-56(51)58)79(124)109-67(45-116)81(126)108-64(35-52-41-99-59-25-16-14-23-57(52)59)86(131)113(8)71(28-12-10-2)89(134)112(69)7/h13-18,21-25,30,40-42,48-50,55,60-72,98-99,116-117H,9-12,19-20,26-29,31-39,43-47H2,1-8H3,(H2,91,118)(H2,92,119)(H,95,101)(H,100,122)(H,102,120)(H,103,127)(H,104,129)(H,105,128)(H,106,121)(H,107,125)(H,108,126)(H,109,124)(H,110,123)(H4,93,94,97)/t50-,55+,60-,61-,62-,63-,64-,65-,66-,67-,68-,69-,70-,71-,72-/m0/s1. The van der Waals surface area contributed by atoms with Gasteiger partial charge in [0.15, 0.2) is 5.96 Å². The summed E-state index contributed by atoms with van der Waals surface area (Å²) in [6, 6.07) is -2.93. The molecule has 732 valence electrons. The number of pyridine rings is 1. The van der Waals surface area contributed by atoms with Gasteiger partial charge in [0, 0.05) is 131 Å². The highest BCUT2D eigenvalue weighted by molar-refractivity contribution is 8.00. The van der Waals surface area contributed by atoms with Gasteiger partial charge in [0.1, 0.15) is 84.6 Å². The average molecular weight is 1900 g/mol. The fraction of sp³-hybridized carbons (Fsp3) is 0.533. The summed E-state index contributed by atoms with van der Waals surface area (Å²) in [6.07, 6.45) is 5.23. The molecule has 7 heterocycles. The second-order valence-corrected chi connectivity index (χ2v) is 35.6. The van der Waals surface area contributed by atoms with Crippen LogP contribution in [0.3, 0.4) is 0 Å². The number of aliphatic hydroxyl groups is 2. The van der Waals surface area contributed by atoms with E-state index in [0.29, 0.717) is 64.3 Å². The van der Waals surface area contributed by atoms with E-state index in [1.165, 1.54) is 46.8 Å². The Bertz CT molecular complexity index is 5190. The molecule has 0 bridgehead atoms. The Kier molecular flexibility index (Phi) is 39.3. The first-order chi connectivity index (χ1) is 64.4. The number of aromatic amines is 3. The minimum atomic E-state index is -1.89. The zero-order chi connectivity index (χ0) is 98.4. The smallest absolute Gasteiger partial charge is 0.246 e. The third-order valence-electron chi connectivity index (χ3n) is 24.1. The molecule has 0 saturated carbocycles. The molecular formula is C90H127N25O19S. The first kappa shape index (κ1) is 105. The molecular weight excluding hydrogens is 1770 g/mol. The molecule has 2 aromatic carbocycles. The van der Waals surface area contributed by atoms with E-state index in [9.17, 15) is 53.4 Å². The fourth-order valence-electron chi connectivity index (χ4n) is 16.6. The van der Waals surface area contributed by atoms with Crippen molar-refractivity contribution in [2.24, 2.45) is 23.1 Å². The van der Waals surface area contributed by atoms with Crippen LogP contribution in [0.2, 0.25) is 0 Å². The number of thioether (sulfide) groups is 1. The predicted octanol–water partition coefficient (Wildman–Crippen LogP) is -3.24. The molecule has 4 aromatic heterocycles. The monoisotopic (exact) mass is 1890 g/mol. The maximum Gasteiger partial charge on any atom is 0.246 e. The number of para-hydroxylation sites is 2. The number of hydrogen-bond acceptors (Lipinski definition) is 23. The molecule has 23 N–H and O–H groups in total. The molecule has 15 atom stereocenters. The van der Waals surface area contributed by atoms with Crippen LogP contribution in [0.25, 0.3) is 21.8 Å². The van der Waals surface area contributed by atoms with Gasteiger partial charge in [-0.2, -0.15) is 0 Å². The Morgan fingerprint density at radius 1 is 0.541 bits per heavy atom. The lowest BCUT2D eigenvalue weighted by Crippen LogP contribution is -2.62. The molecule has 0 radical (unpaired) electrons. The minimum Gasteiger partial charge on any atom is -0.394 e. The van der Waals surface area contributed by atoms with Gasteiger partial charge in [-0.3, -0.25) is 91.9 Å². The van der Waals surface area contributed by atoms with Crippen molar-refractivity contribution in [3.05, 3.63) is 120 Å². The number of primary amides is 2. The Morgan fingerprint density at radius 3 is 1.68 bits per heavy atom. The number of unbranched alkanes of at least 4 members (excludes halogenated alkanes) is 2. The maximum absolute atomic E-state index is 15.8. The molecule has 3 aliphatic heterocycles. The minimum absolute atomic E-state index is 0.00791. The van der Waals surface area contributed by atoms with Crippen LogP contribution >= 0.6 is 11.8 Å². The number of nitrogens with one attached hydrogen (secondary N) is 15. The number of fused-ring (bicyclic) bond motifs is 4. The van der Waals surface area contributed by atoms with Crippen molar-refractivity contribution in [2.75, 3.05) is 65.4 Å². The summed E-state index contributed by atoms with van der Waals surface area (Å²) in [5.74, 6) is -17.7. The largest absolute Gasteiger partial charge is 0.394 e. The molecule has 0 spiro atoms. The van der Waals surface area contributed by atoms with Gasteiger partial charge in [0.2, 0.25) is 100 Å². The number of carbonyl (C=O) groups excluding carboxylic acids is 17. The number of likely N-dealkylation sites (N-methyl/N-ethyl adjacent to an activating group) is 3. The number of aliphatic hydroxyl groups excluding tert-OH is 2. The number of carbonyl (C=O) groups is 17. The number of H-pyrrole nitrogens is 3. The van der Waals surface area contributed by atoms with Crippen molar-refractivity contribution in [1.82, 2.24) is 108 Å².